The Bertz CT molecular complexity index is 661. The van der Waals surface area contributed by atoms with Crippen LogP contribution < -0.4 is 16.0 Å². The number of anilines is 1. The quantitative estimate of drug-likeness (QED) is 0.624. The number of hydrogen-bond donors (Lipinski definition) is 4. The second-order valence-electron chi connectivity index (χ2n) is 6.73. The molecule has 0 aromatic carbocycles. The van der Waals surface area contributed by atoms with Gasteiger partial charge in [0.05, 0.1) is 11.8 Å². The molecule has 142 valence electrons. The second kappa shape index (κ2) is 8.57. The van der Waals surface area contributed by atoms with E-state index in [0.29, 0.717) is 31.5 Å². The molecule has 1 aliphatic heterocycles. The third kappa shape index (κ3) is 5.00. The van der Waals surface area contributed by atoms with Crippen molar-refractivity contribution in [2.24, 2.45) is 0 Å². The minimum atomic E-state index is -1.02. The highest BCUT2D eigenvalue weighted by molar-refractivity contribution is 7.99. The monoisotopic (exact) mass is 382 g/mol. The van der Waals surface area contributed by atoms with E-state index in [1.807, 2.05) is 11.8 Å². The van der Waals surface area contributed by atoms with Crippen molar-refractivity contribution in [2.75, 3.05) is 16.8 Å². The minimum absolute atomic E-state index is 0.0486. The Hall–Kier alpha value is -2.03. The van der Waals surface area contributed by atoms with Gasteiger partial charge in [0, 0.05) is 23.9 Å². The van der Waals surface area contributed by atoms with Crippen LogP contribution in [0, 0.1) is 5.82 Å². The number of nitrogens with one attached hydrogen (secondary N) is 3. The lowest BCUT2D eigenvalue weighted by Gasteiger charge is -2.29. The molecule has 26 heavy (non-hydrogen) atoms. The summed E-state index contributed by atoms with van der Waals surface area (Å²) >= 11 is 1.84. The Morgan fingerprint density at radius 3 is 2.42 bits per heavy atom. The van der Waals surface area contributed by atoms with Crippen LogP contribution in [0.15, 0.2) is 12.3 Å². The van der Waals surface area contributed by atoms with Gasteiger partial charge in [-0.1, -0.05) is 0 Å². The van der Waals surface area contributed by atoms with Gasteiger partial charge < -0.3 is 21.1 Å². The van der Waals surface area contributed by atoms with E-state index in [4.69, 9.17) is 5.11 Å². The van der Waals surface area contributed by atoms with Crippen LogP contribution in [-0.2, 0) is 0 Å². The number of carbonyl (C=O) groups excluding carboxylic acids is 1. The lowest BCUT2D eigenvalue weighted by molar-refractivity contribution is 0.0923. The molecule has 1 aromatic heterocycles. The summed E-state index contributed by atoms with van der Waals surface area (Å²) in [6.45, 7) is 0. The van der Waals surface area contributed by atoms with Crippen LogP contribution in [0.1, 0.15) is 42.5 Å². The Labute approximate surface area is 155 Å². The fraction of sp³-hybridized carbons (Fsp3) is 0.588. The average Bonchev–Trinajstić information content (AvgIpc) is 3.11. The van der Waals surface area contributed by atoms with Crippen molar-refractivity contribution in [1.29, 1.82) is 0 Å². The van der Waals surface area contributed by atoms with Crippen molar-refractivity contribution in [3.8, 4) is 0 Å². The Kier molecular flexibility index (Phi) is 6.18. The summed E-state index contributed by atoms with van der Waals surface area (Å²) in [5.41, 5.74) is 0.215. The molecule has 0 spiro atoms. The van der Waals surface area contributed by atoms with Gasteiger partial charge in [-0.2, -0.15) is 11.8 Å². The van der Waals surface area contributed by atoms with E-state index in [0.717, 1.165) is 24.1 Å². The van der Waals surface area contributed by atoms with Gasteiger partial charge >= 0.3 is 6.09 Å². The minimum Gasteiger partial charge on any atom is -0.465 e. The smallest absolute Gasteiger partial charge is 0.404 e. The van der Waals surface area contributed by atoms with Crippen molar-refractivity contribution in [2.45, 2.75) is 50.2 Å². The fourth-order valence-electron chi connectivity index (χ4n) is 3.39. The first-order chi connectivity index (χ1) is 12.5. The zero-order valence-electron chi connectivity index (χ0n) is 14.3. The zero-order valence-corrected chi connectivity index (χ0v) is 15.2. The molecule has 7 nitrogen and oxygen atoms in total. The summed E-state index contributed by atoms with van der Waals surface area (Å²) in [7, 11) is 0. The first-order valence-electron chi connectivity index (χ1n) is 8.81. The fourth-order valence-corrected chi connectivity index (χ4v) is 4.54. The van der Waals surface area contributed by atoms with Crippen molar-refractivity contribution in [3.63, 3.8) is 0 Å². The van der Waals surface area contributed by atoms with Crippen LogP contribution in [0.25, 0.3) is 0 Å². The molecule has 4 N–H and O–H groups in total. The highest BCUT2D eigenvalue weighted by Gasteiger charge is 2.26. The Morgan fingerprint density at radius 1 is 1.12 bits per heavy atom. The van der Waals surface area contributed by atoms with Crippen molar-refractivity contribution in [3.05, 3.63) is 23.6 Å². The molecule has 0 bridgehead atoms. The maximum absolute atomic E-state index is 13.6. The van der Waals surface area contributed by atoms with E-state index in [-0.39, 0.29) is 29.6 Å². The van der Waals surface area contributed by atoms with Crippen molar-refractivity contribution < 1.29 is 19.1 Å². The number of halogens is 1. The molecule has 2 heterocycles. The van der Waals surface area contributed by atoms with Gasteiger partial charge in [0.2, 0.25) is 0 Å². The largest absolute Gasteiger partial charge is 0.465 e. The van der Waals surface area contributed by atoms with E-state index in [2.05, 4.69) is 20.9 Å². The van der Waals surface area contributed by atoms with Crippen molar-refractivity contribution >= 4 is 29.6 Å². The molecular weight excluding hydrogens is 359 g/mol. The highest BCUT2D eigenvalue weighted by Crippen LogP contribution is 2.24. The summed E-state index contributed by atoms with van der Waals surface area (Å²) in [6, 6.07) is 1.33. The molecule has 2 fully saturated rings. The molecule has 2 aliphatic rings. The van der Waals surface area contributed by atoms with Gasteiger partial charge in [-0.3, -0.25) is 4.79 Å². The van der Waals surface area contributed by atoms with Gasteiger partial charge in [0.1, 0.15) is 11.6 Å². The summed E-state index contributed by atoms with van der Waals surface area (Å²) in [4.78, 5) is 27.4. The van der Waals surface area contributed by atoms with Gasteiger partial charge in [0.15, 0.2) is 0 Å². The van der Waals surface area contributed by atoms with Gasteiger partial charge in [-0.25, -0.2) is 14.2 Å². The van der Waals surface area contributed by atoms with E-state index in [1.54, 1.807) is 0 Å². The van der Waals surface area contributed by atoms with Crippen LogP contribution >= 0.6 is 11.8 Å². The van der Waals surface area contributed by atoms with E-state index >= 15 is 0 Å². The zero-order chi connectivity index (χ0) is 18.5. The SMILES string of the molecule is O=C(O)N[C@H]1CC[C@@H](NC(=O)c2cc(F)cnc2NC2CCSC2)CC1. The summed E-state index contributed by atoms with van der Waals surface area (Å²) < 4.78 is 13.6. The molecule has 0 radical (unpaired) electrons. The topological polar surface area (TPSA) is 103 Å². The molecule has 1 atom stereocenters. The number of carboxylic acid groups (broad SMARTS) is 1. The molecular formula is C17H23FN4O3S. The lowest BCUT2D eigenvalue weighted by atomic mass is 9.91. The van der Waals surface area contributed by atoms with Crippen LogP contribution in [0.2, 0.25) is 0 Å². The second-order valence-corrected chi connectivity index (χ2v) is 7.88. The Balaban J connectivity index is 1.60. The molecule has 3 rings (SSSR count). The number of amides is 2. The number of thioether (sulfide) groups is 1. The van der Waals surface area contributed by atoms with Crippen LogP contribution in [0.3, 0.4) is 0 Å². The maximum Gasteiger partial charge on any atom is 0.404 e. The molecule has 1 aliphatic carbocycles. The lowest BCUT2D eigenvalue weighted by Crippen LogP contribution is -2.43. The summed E-state index contributed by atoms with van der Waals surface area (Å²) in [6.07, 6.45) is 3.79. The number of pyridine rings is 1. The highest BCUT2D eigenvalue weighted by atomic mass is 32.2. The first kappa shape index (κ1) is 18.8. The standard InChI is InChI=1S/C17H23FN4O3S/c18-10-7-14(15(19-8-10)20-13-5-6-26-9-13)16(23)21-11-1-3-12(4-2-11)22-17(24)25/h7-8,11-13,22H,1-6,9H2,(H,19,20)(H,21,23)(H,24,25)/t11-,12+,13?. The average molecular weight is 382 g/mol. The predicted molar refractivity (Wildman–Crippen MR) is 98.2 cm³/mol. The van der Waals surface area contributed by atoms with Gasteiger partial charge in [-0.05, 0) is 43.9 Å². The molecule has 2 amide bonds. The van der Waals surface area contributed by atoms with E-state index in [1.165, 1.54) is 6.07 Å². The summed E-state index contributed by atoms with van der Waals surface area (Å²) in [5.74, 6) is 1.53. The van der Waals surface area contributed by atoms with Crippen LogP contribution in [-0.4, -0.2) is 51.7 Å². The normalized spacial score (nSPS) is 25.5. The van der Waals surface area contributed by atoms with Crippen LogP contribution in [0.4, 0.5) is 15.0 Å². The number of rotatable bonds is 5. The summed E-state index contributed by atoms with van der Waals surface area (Å²) in [5, 5.41) is 17.4. The number of nitrogens with zero attached hydrogens (tertiary/aromatic N) is 1. The van der Waals surface area contributed by atoms with E-state index < -0.39 is 11.9 Å². The third-order valence-corrected chi connectivity index (χ3v) is 5.92. The number of hydrogen-bond acceptors (Lipinski definition) is 5. The first-order valence-corrected chi connectivity index (χ1v) is 9.97. The third-order valence-electron chi connectivity index (χ3n) is 4.76. The van der Waals surface area contributed by atoms with Crippen LogP contribution in [0.5, 0.6) is 0 Å². The van der Waals surface area contributed by atoms with Crippen molar-refractivity contribution in [1.82, 2.24) is 15.6 Å². The number of aromatic nitrogens is 1. The number of carbonyl (C=O) groups is 2. The molecule has 9 heteroatoms. The Morgan fingerprint density at radius 2 is 1.81 bits per heavy atom. The van der Waals surface area contributed by atoms with E-state index in [9.17, 15) is 14.0 Å². The molecule has 1 aromatic rings. The molecule has 1 saturated heterocycles. The predicted octanol–water partition coefficient (Wildman–Crippen LogP) is 2.45. The molecule has 1 saturated carbocycles. The molecule has 1 unspecified atom stereocenters. The van der Waals surface area contributed by atoms with Gasteiger partial charge in [-0.15, -0.1) is 0 Å². The maximum atomic E-state index is 13.6. The van der Waals surface area contributed by atoms with Gasteiger partial charge in [0.25, 0.3) is 5.91 Å².